The molecule has 3 N–H and O–H groups in total. The maximum atomic E-state index is 10.7. The average molecular weight is 302 g/mol. The Morgan fingerprint density at radius 1 is 1.55 bits per heavy atom. The monoisotopic (exact) mass is 302 g/mol. The number of hydrogen-bond acceptors (Lipinski definition) is 3. The second kappa shape index (κ2) is 5.99. The molecule has 0 fully saturated rings. The molecule has 1 atom stereocenters. The molecule has 2 rings (SSSR count). The zero-order valence-corrected chi connectivity index (χ0v) is 14.1. The second-order valence-corrected chi connectivity index (χ2v) is 6.66. The van der Waals surface area contributed by atoms with Gasteiger partial charge in [0.15, 0.2) is 0 Å². The Labute approximate surface area is 132 Å². The van der Waals surface area contributed by atoms with Gasteiger partial charge in [-0.15, -0.1) is 0 Å². The molecule has 1 aliphatic heterocycles. The summed E-state index contributed by atoms with van der Waals surface area (Å²) < 4.78 is 0. The number of hydrazone groups is 1. The van der Waals surface area contributed by atoms with Crippen LogP contribution in [0.2, 0.25) is 0 Å². The number of fused-ring (bicyclic) bond motifs is 1. The first-order valence-corrected chi connectivity index (χ1v) is 7.77. The lowest BCUT2D eigenvalue weighted by atomic mass is 9.79. The molecule has 0 radical (unpaired) electrons. The lowest BCUT2D eigenvalue weighted by Crippen LogP contribution is -2.48. The zero-order chi connectivity index (χ0) is 16.5. The first-order chi connectivity index (χ1) is 10.3. The molecule has 5 heteroatoms. The van der Waals surface area contributed by atoms with E-state index in [4.69, 9.17) is 5.73 Å². The summed E-state index contributed by atoms with van der Waals surface area (Å²) in [6, 6.07) is 3.75. The highest BCUT2D eigenvalue weighted by atomic mass is 16.2. The van der Waals surface area contributed by atoms with Crippen LogP contribution >= 0.6 is 0 Å². The summed E-state index contributed by atoms with van der Waals surface area (Å²) in [6.45, 7) is 12.1. The lowest BCUT2D eigenvalue weighted by molar-refractivity contribution is 0.249. The second-order valence-electron chi connectivity index (χ2n) is 6.66. The van der Waals surface area contributed by atoms with Crippen LogP contribution < -0.4 is 16.1 Å². The number of nitrogens with zero attached hydrogens (tertiary/aromatic N) is 2. The van der Waals surface area contributed by atoms with Crippen molar-refractivity contribution in [3.05, 3.63) is 28.8 Å². The molecule has 0 saturated heterocycles. The van der Waals surface area contributed by atoms with Crippen molar-refractivity contribution in [3.8, 4) is 0 Å². The summed E-state index contributed by atoms with van der Waals surface area (Å²) in [5.74, 6) is 0.490. The largest absolute Gasteiger partial charge is 0.366 e. The maximum Gasteiger partial charge on any atom is 0.332 e. The maximum absolute atomic E-state index is 10.7. The van der Waals surface area contributed by atoms with E-state index >= 15 is 0 Å². The van der Waals surface area contributed by atoms with E-state index in [9.17, 15) is 4.79 Å². The molecule has 1 aromatic rings. The highest BCUT2D eigenvalue weighted by Crippen LogP contribution is 2.43. The van der Waals surface area contributed by atoms with Crippen molar-refractivity contribution < 1.29 is 4.79 Å². The smallest absolute Gasteiger partial charge is 0.332 e. The summed E-state index contributed by atoms with van der Waals surface area (Å²) in [6.07, 6.45) is 2.77. The molecule has 120 valence electrons. The van der Waals surface area contributed by atoms with Crippen LogP contribution in [0.1, 0.15) is 56.7 Å². The van der Waals surface area contributed by atoms with E-state index in [2.05, 4.69) is 62.2 Å². The van der Waals surface area contributed by atoms with E-state index in [1.807, 2.05) is 0 Å². The van der Waals surface area contributed by atoms with Gasteiger partial charge in [-0.2, -0.15) is 5.10 Å². The normalized spacial score (nSPS) is 20.0. The Bertz CT molecular complexity index is 607. The van der Waals surface area contributed by atoms with Crippen LogP contribution in [0.3, 0.4) is 0 Å². The fraction of sp³-hybridized carbons (Fsp3) is 0.529. The van der Waals surface area contributed by atoms with Gasteiger partial charge in [-0.3, -0.25) is 0 Å². The molecule has 0 aliphatic carbocycles. The van der Waals surface area contributed by atoms with Crippen LogP contribution in [0.25, 0.3) is 0 Å². The number of benzene rings is 1. The summed E-state index contributed by atoms with van der Waals surface area (Å²) in [5, 5.41) is 3.88. The van der Waals surface area contributed by atoms with Crippen LogP contribution in [0.4, 0.5) is 10.5 Å². The number of urea groups is 1. The number of amides is 2. The molecule has 0 spiro atoms. The molecular formula is C17H26N4O. The van der Waals surface area contributed by atoms with Gasteiger partial charge >= 0.3 is 6.03 Å². The van der Waals surface area contributed by atoms with E-state index < -0.39 is 6.03 Å². The molecule has 0 saturated carbocycles. The highest BCUT2D eigenvalue weighted by Gasteiger charge is 2.35. The van der Waals surface area contributed by atoms with Gasteiger partial charge in [0.1, 0.15) is 0 Å². The van der Waals surface area contributed by atoms with Crippen LogP contribution in [0.5, 0.6) is 0 Å². The lowest BCUT2D eigenvalue weighted by Gasteiger charge is -2.47. The van der Waals surface area contributed by atoms with Gasteiger partial charge in [-0.05, 0) is 68.9 Å². The van der Waals surface area contributed by atoms with Gasteiger partial charge < -0.3 is 10.6 Å². The van der Waals surface area contributed by atoms with Gasteiger partial charge in [-0.1, -0.05) is 6.92 Å². The number of nitrogens with one attached hydrogen (secondary N) is 1. The fourth-order valence-electron chi connectivity index (χ4n) is 3.55. The van der Waals surface area contributed by atoms with Crippen molar-refractivity contribution in [2.24, 2.45) is 10.8 Å². The van der Waals surface area contributed by atoms with Crippen molar-refractivity contribution in [2.45, 2.75) is 52.5 Å². The van der Waals surface area contributed by atoms with Crippen molar-refractivity contribution in [1.29, 1.82) is 0 Å². The molecule has 1 aliphatic rings. The molecule has 1 aromatic carbocycles. The minimum Gasteiger partial charge on any atom is -0.366 e. The van der Waals surface area contributed by atoms with Gasteiger partial charge in [0.05, 0.1) is 6.21 Å². The third-order valence-electron chi connectivity index (χ3n) is 4.47. The number of carbonyl (C=O) groups is 1. The molecule has 5 nitrogen and oxygen atoms in total. The standard InChI is InChI=1S/C17H26N4O/c1-6-21-15-7-11(2)13(10-19-20-16(18)22)8-14(15)12(3)9-17(21,4)5/h7-8,10,12H,6,9H2,1-5H3,(H3,18,20,22)/b19-10-/t12-/m0/s1. The van der Waals surface area contributed by atoms with Gasteiger partial charge in [0.2, 0.25) is 0 Å². The van der Waals surface area contributed by atoms with Crippen molar-refractivity contribution in [1.82, 2.24) is 5.43 Å². The molecule has 0 unspecified atom stereocenters. The predicted molar refractivity (Wildman–Crippen MR) is 91.6 cm³/mol. The van der Waals surface area contributed by atoms with Crippen molar-refractivity contribution in [2.75, 3.05) is 11.4 Å². The topological polar surface area (TPSA) is 70.7 Å². The minimum absolute atomic E-state index is 0.163. The van der Waals surface area contributed by atoms with Gasteiger partial charge in [-0.25, -0.2) is 10.2 Å². The summed E-state index contributed by atoms with van der Waals surface area (Å²) in [5.41, 5.74) is 12.2. The van der Waals surface area contributed by atoms with E-state index in [-0.39, 0.29) is 5.54 Å². The Balaban J connectivity index is 2.44. The number of rotatable bonds is 3. The molecule has 1 heterocycles. The zero-order valence-electron chi connectivity index (χ0n) is 14.1. The number of primary amides is 1. The Kier molecular flexibility index (Phi) is 4.44. The SMILES string of the molecule is CCN1c2cc(C)c(/C=N\NC(N)=O)cc2[C@@H](C)CC1(C)C. The minimum atomic E-state index is -0.654. The van der Waals surface area contributed by atoms with Crippen LogP contribution in [-0.2, 0) is 0 Å². The van der Waals surface area contributed by atoms with E-state index in [0.717, 1.165) is 24.1 Å². The number of anilines is 1. The van der Waals surface area contributed by atoms with Crippen molar-refractivity contribution in [3.63, 3.8) is 0 Å². The third-order valence-corrected chi connectivity index (χ3v) is 4.47. The van der Waals surface area contributed by atoms with E-state index in [0.29, 0.717) is 5.92 Å². The van der Waals surface area contributed by atoms with Crippen molar-refractivity contribution >= 4 is 17.9 Å². The summed E-state index contributed by atoms with van der Waals surface area (Å²) in [4.78, 5) is 13.2. The van der Waals surface area contributed by atoms with E-state index in [1.165, 1.54) is 11.3 Å². The number of aryl methyl sites for hydroxylation is 1. The predicted octanol–water partition coefficient (Wildman–Crippen LogP) is 3.11. The first-order valence-electron chi connectivity index (χ1n) is 7.77. The van der Waals surface area contributed by atoms with Gasteiger partial charge in [0, 0.05) is 17.8 Å². The van der Waals surface area contributed by atoms with Crippen LogP contribution in [0.15, 0.2) is 17.2 Å². The first kappa shape index (κ1) is 16.3. The number of carbonyl (C=O) groups excluding carboxylic acids is 1. The fourth-order valence-corrected chi connectivity index (χ4v) is 3.55. The number of nitrogens with two attached hydrogens (primary N) is 1. The van der Waals surface area contributed by atoms with Crippen LogP contribution in [0, 0.1) is 6.92 Å². The Morgan fingerprint density at radius 3 is 2.82 bits per heavy atom. The molecule has 22 heavy (non-hydrogen) atoms. The van der Waals surface area contributed by atoms with Crippen LogP contribution in [-0.4, -0.2) is 24.3 Å². The molecule has 2 amide bonds. The molecule has 0 aromatic heterocycles. The Hall–Kier alpha value is -2.04. The van der Waals surface area contributed by atoms with E-state index in [1.54, 1.807) is 6.21 Å². The highest BCUT2D eigenvalue weighted by molar-refractivity contribution is 5.85. The number of hydrogen-bond donors (Lipinski definition) is 2. The third kappa shape index (κ3) is 3.08. The quantitative estimate of drug-likeness (QED) is 0.665. The molecular weight excluding hydrogens is 276 g/mol. The molecule has 0 bridgehead atoms. The average Bonchev–Trinajstić information content (AvgIpc) is 2.39. The van der Waals surface area contributed by atoms with Gasteiger partial charge in [0.25, 0.3) is 0 Å². The Morgan fingerprint density at radius 2 is 2.23 bits per heavy atom. The summed E-state index contributed by atoms with van der Waals surface area (Å²) >= 11 is 0. The summed E-state index contributed by atoms with van der Waals surface area (Å²) in [7, 11) is 0.